The highest BCUT2D eigenvalue weighted by Crippen LogP contribution is 2.22. The van der Waals surface area contributed by atoms with Crippen LogP contribution in [-0.4, -0.2) is 13.7 Å². The molecule has 112 valence electrons. The van der Waals surface area contributed by atoms with E-state index in [1.807, 2.05) is 25.1 Å². The first-order valence-corrected chi connectivity index (χ1v) is 6.51. The molecule has 0 aliphatic carbocycles. The molecule has 2 aromatic carbocycles. The van der Waals surface area contributed by atoms with E-state index in [2.05, 4.69) is 10.1 Å². The first kappa shape index (κ1) is 15.1. The molecule has 0 aliphatic heterocycles. The summed E-state index contributed by atoms with van der Waals surface area (Å²) in [6.07, 6.45) is 0. The summed E-state index contributed by atoms with van der Waals surface area (Å²) in [5, 5.41) is 3.30. The molecule has 0 amide bonds. The molecule has 0 spiro atoms. The first-order chi connectivity index (χ1) is 10.1. The van der Waals surface area contributed by atoms with Crippen LogP contribution in [0.2, 0.25) is 0 Å². The highest BCUT2D eigenvalue weighted by molar-refractivity contribution is 5.53. The molecule has 0 saturated carbocycles. The molecule has 21 heavy (non-hydrogen) atoms. The lowest BCUT2D eigenvalue weighted by Gasteiger charge is -2.11. The van der Waals surface area contributed by atoms with Crippen molar-refractivity contribution in [3.8, 4) is 11.5 Å². The van der Waals surface area contributed by atoms with Gasteiger partial charge in [0.05, 0.1) is 7.11 Å². The van der Waals surface area contributed by atoms with Crippen LogP contribution in [0, 0.1) is 6.92 Å². The molecule has 0 heterocycles. The highest BCUT2D eigenvalue weighted by atomic mass is 19.3. The normalized spacial score (nSPS) is 10.5. The molecule has 0 saturated heterocycles. The van der Waals surface area contributed by atoms with E-state index in [1.165, 1.54) is 12.1 Å². The second kappa shape index (κ2) is 6.92. The van der Waals surface area contributed by atoms with Gasteiger partial charge in [0, 0.05) is 12.2 Å². The van der Waals surface area contributed by atoms with Crippen molar-refractivity contribution in [2.75, 3.05) is 12.4 Å². The van der Waals surface area contributed by atoms with Gasteiger partial charge < -0.3 is 14.8 Å². The number of hydrogen-bond acceptors (Lipinski definition) is 3. The molecule has 0 atom stereocenters. The van der Waals surface area contributed by atoms with Crippen molar-refractivity contribution in [1.82, 2.24) is 0 Å². The van der Waals surface area contributed by atoms with E-state index < -0.39 is 6.61 Å². The van der Waals surface area contributed by atoms with Crippen LogP contribution in [0.25, 0.3) is 0 Å². The monoisotopic (exact) mass is 293 g/mol. The first-order valence-electron chi connectivity index (χ1n) is 6.51. The Balaban J connectivity index is 1.96. The van der Waals surface area contributed by atoms with Gasteiger partial charge in [-0.15, -0.1) is 0 Å². The van der Waals surface area contributed by atoms with Crippen LogP contribution in [-0.2, 0) is 6.54 Å². The fourth-order valence-corrected chi connectivity index (χ4v) is 1.95. The molecule has 1 N–H and O–H groups in total. The molecule has 0 bridgehead atoms. The fourth-order valence-electron chi connectivity index (χ4n) is 1.95. The number of benzene rings is 2. The predicted molar refractivity (Wildman–Crippen MR) is 78.1 cm³/mol. The smallest absolute Gasteiger partial charge is 0.387 e. The molecule has 0 radical (unpaired) electrons. The number of methoxy groups -OCH3 is 1. The summed E-state index contributed by atoms with van der Waals surface area (Å²) in [5.74, 6) is 0.973. The lowest BCUT2D eigenvalue weighted by atomic mass is 10.1. The number of hydrogen-bond donors (Lipinski definition) is 1. The van der Waals surface area contributed by atoms with Crippen LogP contribution in [0.1, 0.15) is 11.1 Å². The van der Waals surface area contributed by atoms with Crippen molar-refractivity contribution in [1.29, 1.82) is 0 Å². The maximum Gasteiger partial charge on any atom is 0.387 e. The van der Waals surface area contributed by atoms with Crippen molar-refractivity contribution in [3.63, 3.8) is 0 Å². The Kier molecular flexibility index (Phi) is 4.98. The second-order valence-electron chi connectivity index (χ2n) is 4.56. The van der Waals surface area contributed by atoms with Gasteiger partial charge in [-0.05, 0) is 48.4 Å². The van der Waals surface area contributed by atoms with E-state index in [9.17, 15) is 8.78 Å². The van der Waals surface area contributed by atoms with Gasteiger partial charge >= 0.3 is 6.61 Å². The number of rotatable bonds is 6. The third-order valence-corrected chi connectivity index (χ3v) is 3.07. The Bertz CT molecular complexity index is 585. The van der Waals surface area contributed by atoms with Crippen molar-refractivity contribution >= 4 is 5.69 Å². The van der Waals surface area contributed by atoms with Crippen molar-refractivity contribution < 1.29 is 18.3 Å². The van der Waals surface area contributed by atoms with E-state index >= 15 is 0 Å². The van der Waals surface area contributed by atoms with E-state index in [0.717, 1.165) is 22.6 Å². The Morgan fingerprint density at radius 3 is 2.29 bits per heavy atom. The van der Waals surface area contributed by atoms with Gasteiger partial charge in [-0.2, -0.15) is 8.78 Å². The lowest BCUT2D eigenvalue weighted by Crippen LogP contribution is -2.03. The molecule has 2 aromatic rings. The van der Waals surface area contributed by atoms with Crippen LogP contribution in [0.3, 0.4) is 0 Å². The van der Waals surface area contributed by atoms with Crippen LogP contribution in [0.4, 0.5) is 14.5 Å². The molecule has 0 aromatic heterocycles. The Morgan fingerprint density at radius 2 is 1.71 bits per heavy atom. The fraction of sp³-hybridized carbons (Fsp3) is 0.250. The van der Waals surface area contributed by atoms with Gasteiger partial charge in [-0.25, -0.2) is 0 Å². The van der Waals surface area contributed by atoms with Gasteiger partial charge in [0.2, 0.25) is 0 Å². The zero-order valence-corrected chi connectivity index (χ0v) is 11.9. The van der Waals surface area contributed by atoms with Crippen LogP contribution in [0.5, 0.6) is 11.5 Å². The average molecular weight is 293 g/mol. The van der Waals surface area contributed by atoms with E-state index in [0.29, 0.717) is 6.54 Å². The van der Waals surface area contributed by atoms with E-state index in [-0.39, 0.29) is 5.75 Å². The zero-order valence-electron chi connectivity index (χ0n) is 11.9. The minimum absolute atomic E-state index is 0.161. The summed E-state index contributed by atoms with van der Waals surface area (Å²) >= 11 is 0. The van der Waals surface area contributed by atoms with E-state index in [1.54, 1.807) is 19.2 Å². The number of anilines is 1. The average Bonchev–Trinajstić information content (AvgIpc) is 2.47. The molecule has 0 aliphatic rings. The Hall–Kier alpha value is -2.30. The van der Waals surface area contributed by atoms with Crippen LogP contribution in [0.15, 0.2) is 42.5 Å². The Morgan fingerprint density at radius 1 is 1.05 bits per heavy atom. The van der Waals surface area contributed by atoms with Crippen molar-refractivity contribution in [2.24, 2.45) is 0 Å². The molecular formula is C16H17F2NO2. The quantitative estimate of drug-likeness (QED) is 0.865. The molecule has 5 heteroatoms. The van der Waals surface area contributed by atoms with Gasteiger partial charge in [0.15, 0.2) is 0 Å². The van der Waals surface area contributed by atoms with Crippen molar-refractivity contribution in [3.05, 3.63) is 53.6 Å². The largest absolute Gasteiger partial charge is 0.497 e. The summed E-state index contributed by atoms with van der Waals surface area (Å²) in [6, 6.07) is 12.3. The standard InChI is InChI=1S/C16H17F2NO2/c1-11-9-14(20-2)7-8-15(11)19-10-12-3-5-13(6-4-12)21-16(17)18/h3-9,16,19H,10H2,1-2H3. The number of ether oxygens (including phenoxy) is 2. The topological polar surface area (TPSA) is 30.5 Å². The SMILES string of the molecule is COc1ccc(NCc2ccc(OC(F)F)cc2)c(C)c1. The van der Waals surface area contributed by atoms with Gasteiger partial charge in [-0.1, -0.05) is 12.1 Å². The van der Waals surface area contributed by atoms with Crippen LogP contribution >= 0.6 is 0 Å². The van der Waals surface area contributed by atoms with Gasteiger partial charge in [0.25, 0.3) is 0 Å². The highest BCUT2D eigenvalue weighted by Gasteiger charge is 2.04. The molecule has 2 rings (SSSR count). The number of nitrogens with one attached hydrogen (secondary N) is 1. The predicted octanol–water partition coefficient (Wildman–Crippen LogP) is 4.22. The maximum atomic E-state index is 12.1. The number of aryl methyl sites for hydroxylation is 1. The van der Waals surface area contributed by atoms with Gasteiger partial charge in [0.1, 0.15) is 11.5 Å². The van der Waals surface area contributed by atoms with E-state index in [4.69, 9.17) is 4.74 Å². The van der Waals surface area contributed by atoms with Crippen LogP contribution < -0.4 is 14.8 Å². The summed E-state index contributed by atoms with van der Waals surface area (Å²) in [4.78, 5) is 0. The zero-order chi connectivity index (χ0) is 15.2. The molecule has 0 fully saturated rings. The number of halogens is 2. The third-order valence-electron chi connectivity index (χ3n) is 3.07. The summed E-state index contributed by atoms with van der Waals surface area (Å²) in [7, 11) is 1.63. The summed E-state index contributed by atoms with van der Waals surface area (Å²) in [6.45, 7) is -0.206. The molecule has 0 unspecified atom stereocenters. The van der Waals surface area contributed by atoms with Crippen molar-refractivity contribution in [2.45, 2.75) is 20.1 Å². The Labute approximate surface area is 122 Å². The molecular weight excluding hydrogens is 276 g/mol. The summed E-state index contributed by atoms with van der Waals surface area (Å²) < 4.78 is 33.6. The lowest BCUT2D eigenvalue weighted by molar-refractivity contribution is -0.0498. The third kappa shape index (κ3) is 4.34. The number of alkyl halides is 2. The minimum Gasteiger partial charge on any atom is -0.497 e. The summed E-state index contributed by atoms with van der Waals surface area (Å²) in [5.41, 5.74) is 3.06. The second-order valence-corrected chi connectivity index (χ2v) is 4.56. The van der Waals surface area contributed by atoms with Gasteiger partial charge in [-0.3, -0.25) is 0 Å². The maximum absolute atomic E-state index is 12.1. The minimum atomic E-state index is -2.80. The molecule has 3 nitrogen and oxygen atoms in total.